The molecule has 0 atom stereocenters. The van der Waals surface area contributed by atoms with Crippen LogP contribution in [0, 0.1) is 11.3 Å². The Morgan fingerprint density at radius 1 is 1.30 bits per heavy atom. The van der Waals surface area contributed by atoms with Crippen LogP contribution in [0.1, 0.15) is 19.6 Å². The molecule has 0 saturated heterocycles. The van der Waals surface area contributed by atoms with Gasteiger partial charge in [0.25, 0.3) is 5.91 Å². The molecule has 0 aliphatic carbocycles. The lowest BCUT2D eigenvalue weighted by Crippen LogP contribution is -2.24. The molecule has 0 aliphatic heterocycles. The summed E-state index contributed by atoms with van der Waals surface area (Å²) in [5, 5.41) is 11.0. The van der Waals surface area contributed by atoms with Crippen LogP contribution in [0.25, 0.3) is 29.6 Å². The zero-order chi connectivity index (χ0) is 20.1. The number of amides is 1. The van der Waals surface area contributed by atoms with Crippen LogP contribution in [0.15, 0.2) is 52.1 Å². The van der Waals surface area contributed by atoms with Gasteiger partial charge in [0.2, 0.25) is 0 Å². The first-order valence-electron chi connectivity index (χ1n) is 8.44. The summed E-state index contributed by atoms with van der Waals surface area (Å²) < 4.78 is 5.83. The quantitative estimate of drug-likeness (QED) is 0.655. The maximum Gasteiger partial charge on any atom is 0.259 e. The number of nitrogens with two attached hydrogens (primary N) is 1. The van der Waals surface area contributed by atoms with Crippen LogP contribution in [-0.2, 0) is 4.79 Å². The normalized spacial score (nSPS) is 13.1. The summed E-state index contributed by atoms with van der Waals surface area (Å²) in [5.41, 5.74) is 7.49. The Morgan fingerprint density at radius 3 is 2.52 bits per heavy atom. The highest BCUT2D eigenvalue weighted by molar-refractivity contribution is 6.03. The van der Waals surface area contributed by atoms with Crippen molar-refractivity contribution in [2.24, 2.45) is 5.73 Å². The van der Waals surface area contributed by atoms with Gasteiger partial charge in [-0.05, 0) is 48.6 Å². The third-order valence-corrected chi connectivity index (χ3v) is 4.25. The standard InChI is InChI=1S/C22H23N3O2/c1-6-18(25(4)5)12-16-7-8-17(11-14(16)2)21-10-9-20(27-21)15(3)19(13-23)22(24)26/h6-12H,2H2,1,3-5H3,(H2,24,26)/b16-12-,18-6+,19-15+. The van der Waals surface area contributed by atoms with E-state index in [1.165, 1.54) is 0 Å². The number of carbonyl (C=O) groups excluding carboxylic acids is 1. The third-order valence-electron chi connectivity index (χ3n) is 4.25. The van der Waals surface area contributed by atoms with Crippen molar-refractivity contribution in [2.75, 3.05) is 14.1 Å². The molecule has 0 saturated carbocycles. The van der Waals surface area contributed by atoms with Crippen molar-refractivity contribution < 1.29 is 9.21 Å². The molecular formula is C22H23N3O2. The Bertz CT molecular complexity index is 1080. The number of primary amides is 1. The Labute approximate surface area is 159 Å². The molecule has 1 amide bonds. The van der Waals surface area contributed by atoms with Gasteiger partial charge >= 0.3 is 0 Å². The fourth-order valence-electron chi connectivity index (χ4n) is 2.67. The third kappa shape index (κ3) is 4.36. The number of benzene rings is 1. The molecule has 0 bridgehead atoms. The largest absolute Gasteiger partial charge is 0.456 e. The van der Waals surface area contributed by atoms with E-state index in [-0.39, 0.29) is 5.57 Å². The summed E-state index contributed by atoms with van der Waals surface area (Å²) in [4.78, 5) is 13.4. The van der Waals surface area contributed by atoms with Gasteiger partial charge in [-0.25, -0.2) is 0 Å². The summed E-state index contributed by atoms with van der Waals surface area (Å²) in [7, 11) is 3.98. The van der Waals surface area contributed by atoms with Crippen molar-refractivity contribution in [3.63, 3.8) is 0 Å². The zero-order valence-electron chi connectivity index (χ0n) is 16.0. The van der Waals surface area contributed by atoms with Crippen molar-refractivity contribution >= 4 is 24.1 Å². The van der Waals surface area contributed by atoms with Gasteiger partial charge in [-0.1, -0.05) is 24.8 Å². The second-order valence-electron chi connectivity index (χ2n) is 6.31. The lowest BCUT2D eigenvalue weighted by Gasteiger charge is -2.12. The van der Waals surface area contributed by atoms with Crippen molar-refractivity contribution in [3.05, 3.63) is 63.9 Å². The highest BCUT2D eigenvalue weighted by Gasteiger charge is 2.14. The minimum Gasteiger partial charge on any atom is -0.456 e. The number of nitriles is 1. The maximum absolute atomic E-state index is 11.3. The first kappa shape index (κ1) is 19.8. The summed E-state index contributed by atoms with van der Waals surface area (Å²) in [5.74, 6) is 0.292. The Morgan fingerprint density at radius 2 is 2.00 bits per heavy atom. The maximum atomic E-state index is 11.3. The van der Waals surface area contributed by atoms with Gasteiger partial charge in [-0.2, -0.15) is 5.26 Å². The van der Waals surface area contributed by atoms with Gasteiger partial charge in [-0.3, -0.25) is 4.79 Å². The van der Waals surface area contributed by atoms with Crippen LogP contribution < -0.4 is 16.2 Å². The highest BCUT2D eigenvalue weighted by Crippen LogP contribution is 2.26. The van der Waals surface area contributed by atoms with E-state index < -0.39 is 5.91 Å². The predicted molar refractivity (Wildman–Crippen MR) is 108 cm³/mol. The molecule has 1 aromatic heterocycles. The number of rotatable bonds is 5. The first-order valence-corrected chi connectivity index (χ1v) is 8.44. The van der Waals surface area contributed by atoms with E-state index in [9.17, 15) is 4.79 Å². The van der Waals surface area contributed by atoms with E-state index >= 15 is 0 Å². The predicted octanol–water partition coefficient (Wildman–Crippen LogP) is 2.39. The molecule has 0 fully saturated rings. The fraction of sp³-hybridized carbons (Fsp3) is 0.182. The summed E-state index contributed by atoms with van der Waals surface area (Å²) in [6.07, 6.45) is 4.10. The van der Waals surface area contributed by atoms with Gasteiger partial charge in [0.1, 0.15) is 23.2 Å². The van der Waals surface area contributed by atoms with E-state index in [0.29, 0.717) is 17.1 Å². The molecule has 2 aromatic rings. The van der Waals surface area contributed by atoms with Crippen LogP contribution in [0.2, 0.25) is 0 Å². The van der Waals surface area contributed by atoms with E-state index in [1.54, 1.807) is 19.1 Å². The van der Waals surface area contributed by atoms with E-state index in [0.717, 1.165) is 21.7 Å². The van der Waals surface area contributed by atoms with Crippen molar-refractivity contribution in [2.45, 2.75) is 13.8 Å². The average Bonchev–Trinajstić information content (AvgIpc) is 3.10. The molecule has 0 radical (unpaired) electrons. The molecule has 1 aromatic carbocycles. The SMILES string of the molecule is C=c1cc(-c2ccc(/C(C)=C(\C#N)C(N)=O)o2)cc/c1=C/C(=C\C)N(C)C. The lowest BCUT2D eigenvalue weighted by molar-refractivity contribution is -0.114. The molecule has 0 unspecified atom stereocenters. The lowest BCUT2D eigenvalue weighted by atomic mass is 10.1. The summed E-state index contributed by atoms with van der Waals surface area (Å²) in [6, 6.07) is 11.2. The minimum absolute atomic E-state index is 0.110. The van der Waals surface area contributed by atoms with E-state index in [2.05, 4.69) is 12.7 Å². The highest BCUT2D eigenvalue weighted by atomic mass is 16.3. The second-order valence-corrected chi connectivity index (χ2v) is 6.31. The molecular weight excluding hydrogens is 338 g/mol. The van der Waals surface area contributed by atoms with Gasteiger partial charge < -0.3 is 15.1 Å². The minimum atomic E-state index is -0.770. The molecule has 1 heterocycles. The fourth-order valence-corrected chi connectivity index (χ4v) is 2.67. The first-order chi connectivity index (χ1) is 12.8. The number of allylic oxidation sites excluding steroid dienone is 3. The Balaban J connectivity index is 2.46. The van der Waals surface area contributed by atoms with E-state index in [4.69, 9.17) is 15.4 Å². The molecule has 27 heavy (non-hydrogen) atoms. The topological polar surface area (TPSA) is 83.3 Å². The number of nitrogens with zero attached hydrogens (tertiary/aromatic N) is 2. The van der Waals surface area contributed by atoms with Crippen molar-refractivity contribution in [1.29, 1.82) is 5.26 Å². The second kappa shape index (κ2) is 8.24. The monoisotopic (exact) mass is 361 g/mol. The summed E-state index contributed by atoms with van der Waals surface area (Å²) >= 11 is 0. The molecule has 0 spiro atoms. The molecule has 5 heteroatoms. The average molecular weight is 361 g/mol. The van der Waals surface area contributed by atoms with Crippen molar-refractivity contribution in [3.8, 4) is 17.4 Å². The summed E-state index contributed by atoms with van der Waals surface area (Å²) in [6.45, 7) is 7.75. The molecule has 0 aliphatic rings. The smallest absolute Gasteiger partial charge is 0.259 e. The van der Waals surface area contributed by atoms with Crippen LogP contribution >= 0.6 is 0 Å². The van der Waals surface area contributed by atoms with Crippen LogP contribution in [0.3, 0.4) is 0 Å². The number of hydrogen-bond donors (Lipinski definition) is 1. The molecule has 2 rings (SSSR count). The molecule has 138 valence electrons. The van der Waals surface area contributed by atoms with Gasteiger partial charge in [0.15, 0.2) is 0 Å². The van der Waals surface area contributed by atoms with Crippen LogP contribution in [0.5, 0.6) is 0 Å². The molecule has 5 nitrogen and oxygen atoms in total. The number of furan rings is 1. The zero-order valence-corrected chi connectivity index (χ0v) is 16.0. The molecule has 2 N–H and O–H groups in total. The van der Waals surface area contributed by atoms with Crippen LogP contribution in [-0.4, -0.2) is 24.9 Å². The van der Waals surface area contributed by atoms with E-state index in [1.807, 2.05) is 56.3 Å². The van der Waals surface area contributed by atoms with Gasteiger partial charge in [0, 0.05) is 30.9 Å². The number of hydrogen-bond acceptors (Lipinski definition) is 4. The van der Waals surface area contributed by atoms with Crippen molar-refractivity contribution in [1.82, 2.24) is 4.90 Å². The Hall–Kier alpha value is -3.52. The Kier molecular flexibility index (Phi) is 6.04. The van der Waals surface area contributed by atoms with Gasteiger partial charge in [0.05, 0.1) is 0 Å². The number of carbonyl (C=O) groups is 1. The van der Waals surface area contributed by atoms with Gasteiger partial charge in [-0.15, -0.1) is 0 Å². The van der Waals surface area contributed by atoms with Crippen LogP contribution in [0.4, 0.5) is 0 Å².